The Balaban J connectivity index is 2.20. The van der Waals surface area contributed by atoms with Gasteiger partial charge in [0.05, 0.1) is 17.4 Å². The van der Waals surface area contributed by atoms with Gasteiger partial charge in [-0.05, 0) is 18.6 Å². The van der Waals surface area contributed by atoms with Gasteiger partial charge in [-0.1, -0.05) is 12.1 Å². The van der Waals surface area contributed by atoms with Crippen molar-refractivity contribution in [2.24, 2.45) is 7.05 Å². The van der Waals surface area contributed by atoms with Gasteiger partial charge in [0.25, 0.3) is 0 Å². The van der Waals surface area contributed by atoms with E-state index in [9.17, 15) is 4.79 Å². The zero-order valence-electron chi connectivity index (χ0n) is 10.3. The van der Waals surface area contributed by atoms with Crippen LogP contribution < -0.4 is 5.32 Å². The van der Waals surface area contributed by atoms with Crippen molar-refractivity contribution in [1.82, 2.24) is 9.78 Å². The molecule has 0 saturated carbocycles. The van der Waals surface area contributed by atoms with E-state index < -0.39 is 5.97 Å². The van der Waals surface area contributed by atoms with E-state index in [1.165, 1.54) is 0 Å². The second kappa shape index (κ2) is 4.91. The SMILES string of the molecule is Cc1cccc(C(=O)O)c1NCc1cnn(C)c1. The number of hydrogen-bond acceptors (Lipinski definition) is 3. The van der Waals surface area contributed by atoms with Gasteiger partial charge < -0.3 is 10.4 Å². The topological polar surface area (TPSA) is 67.2 Å². The standard InChI is InChI=1S/C13H15N3O2/c1-9-4-3-5-11(13(17)18)12(9)14-6-10-7-15-16(2)8-10/h3-5,7-8,14H,6H2,1-2H3,(H,17,18). The molecule has 1 heterocycles. The van der Waals surface area contributed by atoms with Crippen LogP contribution in [-0.4, -0.2) is 20.9 Å². The Morgan fingerprint density at radius 1 is 1.50 bits per heavy atom. The van der Waals surface area contributed by atoms with Crippen molar-refractivity contribution in [1.29, 1.82) is 0 Å². The molecule has 0 fully saturated rings. The Morgan fingerprint density at radius 2 is 2.28 bits per heavy atom. The van der Waals surface area contributed by atoms with Gasteiger partial charge in [0.2, 0.25) is 0 Å². The van der Waals surface area contributed by atoms with Crippen LogP contribution in [0.3, 0.4) is 0 Å². The summed E-state index contributed by atoms with van der Waals surface area (Å²) in [5, 5.41) is 16.4. The van der Waals surface area contributed by atoms with E-state index in [0.29, 0.717) is 17.8 Å². The Bertz CT molecular complexity index is 575. The monoisotopic (exact) mass is 245 g/mol. The van der Waals surface area contributed by atoms with E-state index >= 15 is 0 Å². The number of aromatic nitrogens is 2. The number of para-hydroxylation sites is 1. The Labute approximate surface area is 105 Å². The summed E-state index contributed by atoms with van der Waals surface area (Å²) in [4.78, 5) is 11.1. The molecule has 0 aliphatic carbocycles. The summed E-state index contributed by atoms with van der Waals surface area (Å²) < 4.78 is 1.72. The minimum atomic E-state index is -0.924. The molecular weight excluding hydrogens is 230 g/mol. The minimum absolute atomic E-state index is 0.291. The average Bonchev–Trinajstić information content (AvgIpc) is 2.73. The van der Waals surface area contributed by atoms with E-state index in [1.807, 2.05) is 26.2 Å². The van der Waals surface area contributed by atoms with Gasteiger partial charge in [-0.15, -0.1) is 0 Å². The molecule has 5 heteroatoms. The molecule has 0 radical (unpaired) electrons. The lowest BCUT2D eigenvalue weighted by Gasteiger charge is -2.11. The largest absolute Gasteiger partial charge is 0.478 e. The van der Waals surface area contributed by atoms with Crippen LogP contribution in [0, 0.1) is 6.92 Å². The number of carbonyl (C=O) groups is 1. The summed E-state index contributed by atoms with van der Waals surface area (Å²) >= 11 is 0. The third kappa shape index (κ3) is 2.51. The molecule has 0 amide bonds. The number of aromatic carboxylic acids is 1. The van der Waals surface area contributed by atoms with Crippen LogP contribution in [0.4, 0.5) is 5.69 Å². The Kier molecular flexibility index (Phi) is 3.32. The molecule has 94 valence electrons. The van der Waals surface area contributed by atoms with Crippen molar-refractivity contribution in [2.45, 2.75) is 13.5 Å². The van der Waals surface area contributed by atoms with E-state index in [0.717, 1.165) is 11.1 Å². The molecule has 0 saturated heterocycles. The number of anilines is 1. The first-order chi connectivity index (χ1) is 8.58. The number of aryl methyl sites for hydroxylation is 2. The maximum absolute atomic E-state index is 11.1. The highest BCUT2D eigenvalue weighted by Crippen LogP contribution is 2.21. The lowest BCUT2D eigenvalue weighted by molar-refractivity contribution is 0.0698. The quantitative estimate of drug-likeness (QED) is 0.865. The van der Waals surface area contributed by atoms with Crippen molar-refractivity contribution in [3.8, 4) is 0 Å². The lowest BCUT2D eigenvalue weighted by Crippen LogP contribution is -2.07. The smallest absolute Gasteiger partial charge is 0.337 e. The first-order valence-electron chi connectivity index (χ1n) is 5.62. The fourth-order valence-corrected chi connectivity index (χ4v) is 1.83. The highest BCUT2D eigenvalue weighted by atomic mass is 16.4. The zero-order chi connectivity index (χ0) is 13.1. The molecule has 0 atom stereocenters. The summed E-state index contributed by atoms with van der Waals surface area (Å²) in [5.41, 5.74) is 2.88. The third-order valence-electron chi connectivity index (χ3n) is 2.73. The Hall–Kier alpha value is -2.30. The van der Waals surface area contributed by atoms with Gasteiger partial charge in [-0.25, -0.2) is 4.79 Å². The third-order valence-corrected chi connectivity index (χ3v) is 2.73. The normalized spacial score (nSPS) is 10.3. The molecule has 2 rings (SSSR count). The van der Waals surface area contributed by atoms with E-state index in [4.69, 9.17) is 5.11 Å². The molecule has 1 aromatic heterocycles. The van der Waals surface area contributed by atoms with Crippen molar-refractivity contribution in [3.63, 3.8) is 0 Å². The van der Waals surface area contributed by atoms with Crippen LogP contribution in [0.25, 0.3) is 0 Å². The number of carboxylic acid groups (broad SMARTS) is 1. The number of rotatable bonds is 4. The number of nitrogens with one attached hydrogen (secondary N) is 1. The Morgan fingerprint density at radius 3 is 2.89 bits per heavy atom. The summed E-state index contributed by atoms with van der Waals surface area (Å²) in [6.07, 6.45) is 3.65. The van der Waals surface area contributed by atoms with Crippen LogP contribution in [-0.2, 0) is 13.6 Å². The highest BCUT2D eigenvalue weighted by molar-refractivity contribution is 5.95. The molecular formula is C13H15N3O2. The van der Waals surface area contributed by atoms with Crippen molar-refractivity contribution < 1.29 is 9.90 Å². The van der Waals surface area contributed by atoms with Gasteiger partial charge in [-0.2, -0.15) is 5.10 Å². The number of benzene rings is 1. The molecule has 0 bridgehead atoms. The zero-order valence-corrected chi connectivity index (χ0v) is 10.3. The number of nitrogens with zero attached hydrogens (tertiary/aromatic N) is 2. The first kappa shape index (κ1) is 12.2. The van der Waals surface area contributed by atoms with E-state index in [-0.39, 0.29) is 0 Å². The first-order valence-corrected chi connectivity index (χ1v) is 5.62. The van der Waals surface area contributed by atoms with Crippen molar-refractivity contribution in [3.05, 3.63) is 47.3 Å². The number of hydrogen-bond donors (Lipinski definition) is 2. The van der Waals surface area contributed by atoms with Crippen LogP contribution >= 0.6 is 0 Å². The van der Waals surface area contributed by atoms with E-state index in [2.05, 4.69) is 10.4 Å². The van der Waals surface area contributed by atoms with Crippen molar-refractivity contribution in [2.75, 3.05) is 5.32 Å². The molecule has 2 aromatic rings. The van der Waals surface area contributed by atoms with Crippen LogP contribution in [0.15, 0.2) is 30.6 Å². The van der Waals surface area contributed by atoms with Gasteiger partial charge in [0, 0.05) is 25.4 Å². The molecule has 0 aliphatic heterocycles. The highest BCUT2D eigenvalue weighted by Gasteiger charge is 2.11. The predicted molar refractivity (Wildman–Crippen MR) is 68.7 cm³/mol. The number of carboxylic acids is 1. The predicted octanol–water partition coefficient (Wildman–Crippen LogP) is 2.04. The maximum atomic E-state index is 11.1. The lowest BCUT2D eigenvalue weighted by atomic mass is 10.1. The minimum Gasteiger partial charge on any atom is -0.478 e. The van der Waals surface area contributed by atoms with Crippen LogP contribution in [0.5, 0.6) is 0 Å². The van der Waals surface area contributed by atoms with Gasteiger partial charge in [-0.3, -0.25) is 4.68 Å². The average molecular weight is 245 g/mol. The molecule has 5 nitrogen and oxygen atoms in total. The van der Waals surface area contributed by atoms with Crippen LogP contribution in [0.2, 0.25) is 0 Å². The van der Waals surface area contributed by atoms with E-state index in [1.54, 1.807) is 23.0 Å². The summed E-state index contributed by atoms with van der Waals surface area (Å²) in [5.74, 6) is -0.924. The fraction of sp³-hybridized carbons (Fsp3) is 0.231. The molecule has 0 aliphatic rings. The second-order valence-corrected chi connectivity index (χ2v) is 4.18. The summed E-state index contributed by atoms with van der Waals surface area (Å²) in [6, 6.07) is 5.23. The second-order valence-electron chi connectivity index (χ2n) is 4.18. The molecule has 0 unspecified atom stereocenters. The summed E-state index contributed by atoms with van der Waals surface area (Å²) in [7, 11) is 1.85. The van der Waals surface area contributed by atoms with Crippen LogP contribution in [0.1, 0.15) is 21.5 Å². The molecule has 2 N–H and O–H groups in total. The fourth-order valence-electron chi connectivity index (χ4n) is 1.83. The summed E-state index contributed by atoms with van der Waals surface area (Å²) in [6.45, 7) is 2.44. The molecule has 0 spiro atoms. The molecule has 18 heavy (non-hydrogen) atoms. The van der Waals surface area contributed by atoms with Gasteiger partial charge >= 0.3 is 5.97 Å². The molecule has 1 aromatic carbocycles. The van der Waals surface area contributed by atoms with Gasteiger partial charge in [0.15, 0.2) is 0 Å². The van der Waals surface area contributed by atoms with Crippen molar-refractivity contribution >= 4 is 11.7 Å². The van der Waals surface area contributed by atoms with Gasteiger partial charge in [0.1, 0.15) is 0 Å². The maximum Gasteiger partial charge on any atom is 0.337 e.